The van der Waals surface area contributed by atoms with Gasteiger partial charge < -0.3 is 19.8 Å². The minimum absolute atomic E-state index is 0.123. The SMILES string of the molecule is Cc1ccc2c(c1)NC(=O)c1cc(NC(=O)c3cc(=O)c4ccccc4o3)ccc1O2. The quantitative estimate of drug-likeness (QED) is 0.497. The fourth-order valence-corrected chi connectivity index (χ4v) is 3.42. The molecule has 2 heterocycles. The van der Waals surface area contributed by atoms with Gasteiger partial charge in [-0.05, 0) is 55.0 Å². The second-order valence-electron chi connectivity index (χ2n) is 7.19. The van der Waals surface area contributed by atoms with Crippen molar-refractivity contribution in [3.63, 3.8) is 0 Å². The van der Waals surface area contributed by atoms with Crippen molar-refractivity contribution in [3.8, 4) is 11.5 Å². The third-order valence-corrected chi connectivity index (χ3v) is 4.94. The molecule has 1 aromatic heterocycles. The average Bonchev–Trinajstić information content (AvgIpc) is 2.89. The van der Waals surface area contributed by atoms with E-state index in [9.17, 15) is 14.4 Å². The summed E-state index contributed by atoms with van der Waals surface area (Å²) in [5.74, 6) is -0.172. The zero-order chi connectivity index (χ0) is 21.5. The highest BCUT2D eigenvalue weighted by atomic mass is 16.5. The molecule has 0 radical (unpaired) electrons. The van der Waals surface area contributed by atoms with Crippen molar-refractivity contribution >= 4 is 34.2 Å². The van der Waals surface area contributed by atoms with Gasteiger partial charge in [-0.25, -0.2) is 0 Å². The molecule has 0 saturated heterocycles. The number of nitrogens with one attached hydrogen (secondary N) is 2. The maximum atomic E-state index is 12.7. The van der Waals surface area contributed by atoms with E-state index < -0.39 is 5.91 Å². The Kier molecular flexibility index (Phi) is 4.29. The molecule has 152 valence electrons. The Morgan fingerprint density at radius 3 is 2.61 bits per heavy atom. The van der Waals surface area contributed by atoms with Crippen LogP contribution >= 0.6 is 0 Å². The van der Waals surface area contributed by atoms with Crippen LogP contribution in [0.2, 0.25) is 0 Å². The first-order chi connectivity index (χ1) is 15.0. The zero-order valence-corrected chi connectivity index (χ0v) is 16.4. The number of rotatable bonds is 2. The van der Waals surface area contributed by atoms with Crippen LogP contribution < -0.4 is 20.8 Å². The van der Waals surface area contributed by atoms with Crippen molar-refractivity contribution in [1.82, 2.24) is 0 Å². The van der Waals surface area contributed by atoms with Gasteiger partial charge in [-0.3, -0.25) is 14.4 Å². The van der Waals surface area contributed by atoms with Gasteiger partial charge in [0.15, 0.2) is 16.9 Å². The molecule has 3 aromatic carbocycles. The number of aryl methyl sites for hydroxylation is 1. The number of benzene rings is 3. The van der Waals surface area contributed by atoms with E-state index in [-0.39, 0.29) is 22.7 Å². The van der Waals surface area contributed by atoms with Crippen molar-refractivity contribution in [2.24, 2.45) is 0 Å². The van der Waals surface area contributed by atoms with Gasteiger partial charge in [0.25, 0.3) is 11.8 Å². The Labute approximate surface area is 176 Å². The minimum atomic E-state index is -0.600. The number of para-hydroxylation sites is 1. The van der Waals surface area contributed by atoms with Crippen molar-refractivity contribution in [3.05, 3.63) is 93.8 Å². The normalized spacial score (nSPS) is 12.2. The van der Waals surface area contributed by atoms with Crippen LogP contribution in [0.5, 0.6) is 11.5 Å². The van der Waals surface area contributed by atoms with Gasteiger partial charge in [0.05, 0.1) is 16.6 Å². The molecule has 7 heteroatoms. The third-order valence-electron chi connectivity index (χ3n) is 4.94. The Morgan fingerprint density at radius 2 is 1.74 bits per heavy atom. The van der Waals surface area contributed by atoms with Crippen LogP contribution in [-0.4, -0.2) is 11.8 Å². The van der Waals surface area contributed by atoms with Crippen LogP contribution in [0.1, 0.15) is 26.5 Å². The van der Waals surface area contributed by atoms with E-state index in [0.29, 0.717) is 33.8 Å². The van der Waals surface area contributed by atoms with E-state index in [2.05, 4.69) is 10.6 Å². The number of anilines is 2. The van der Waals surface area contributed by atoms with Crippen LogP contribution in [0.15, 0.2) is 75.9 Å². The third kappa shape index (κ3) is 3.42. The molecule has 1 aliphatic rings. The first-order valence-corrected chi connectivity index (χ1v) is 9.56. The molecular weight excluding hydrogens is 396 g/mol. The van der Waals surface area contributed by atoms with E-state index in [1.165, 1.54) is 6.07 Å². The second-order valence-corrected chi connectivity index (χ2v) is 7.19. The van der Waals surface area contributed by atoms with Gasteiger partial charge in [-0.15, -0.1) is 0 Å². The molecule has 0 bridgehead atoms. The molecule has 1 aliphatic heterocycles. The predicted molar refractivity (Wildman–Crippen MR) is 116 cm³/mol. The molecule has 0 aliphatic carbocycles. The molecule has 5 rings (SSSR count). The lowest BCUT2D eigenvalue weighted by Gasteiger charge is -2.10. The van der Waals surface area contributed by atoms with E-state index >= 15 is 0 Å². The minimum Gasteiger partial charge on any atom is -0.454 e. The molecule has 0 fully saturated rings. The number of carbonyl (C=O) groups excluding carboxylic acids is 2. The highest BCUT2D eigenvalue weighted by molar-refractivity contribution is 6.09. The first kappa shape index (κ1) is 18.6. The molecule has 0 spiro atoms. The second kappa shape index (κ2) is 7.14. The van der Waals surface area contributed by atoms with Crippen molar-refractivity contribution in [1.29, 1.82) is 0 Å². The van der Waals surface area contributed by atoms with Crippen molar-refractivity contribution in [2.45, 2.75) is 6.92 Å². The van der Waals surface area contributed by atoms with Crippen LogP contribution in [0.4, 0.5) is 11.4 Å². The average molecular weight is 412 g/mol. The fourth-order valence-electron chi connectivity index (χ4n) is 3.42. The Bertz CT molecular complexity index is 1440. The van der Waals surface area contributed by atoms with Crippen LogP contribution in [0.25, 0.3) is 11.0 Å². The first-order valence-electron chi connectivity index (χ1n) is 9.56. The van der Waals surface area contributed by atoms with Crippen LogP contribution in [0, 0.1) is 6.92 Å². The van der Waals surface area contributed by atoms with E-state index in [1.54, 1.807) is 42.5 Å². The van der Waals surface area contributed by atoms with Gasteiger partial charge in [-0.2, -0.15) is 0 Å². The molecule has 2 N–H and O–H groups in total. The largest absolute Gasteiger partial charge is 0.454 e. The maximum absolute atomic E-state index is 12.7. The van der Waals surface area contributed by atoms with Crippen LogP contribution in [-0.2, 0) is 0 Å². The monoisotopic (exact) mass is 412 g/mol. The molecule has 0 unspecified atom stereocenters. The molecule has 0 atom stereocenters. The number of carbonyl (C=O) groups is 2. The summed E-state index contributed by atoms with van der Waals surface area (Å²) >= 11 is 0. The lowest BCUT2D eigenvalue weighted by atomic mass is 10.1. The zero-order valence-electron chi connectivity index (χ0n) is 16.4. The Hall–Kier alpha value is -4.39. The fraction of sp³-hybridized carbons (Fsp3) is 0.0417. The lowest BCUT2D eigenvalue weighted by Crippen LogP contribution is -2.16. The summed E-state index contributed by atoms with van der Waals surface area (Å²) in [6, 6.07) is 18.1. The molecular formula is C24H16N2O5. The maximum Gasteiger partial charge on any atom is 0.291 e. The smallest absolute Gasteiger partial charge is 0.291 e. The molecule has 7 nitrogen and oxygen atoms in total. The van der Waals surface area contributed by atoms with Crippen LogP contribution in [0.3, 0.4) is 0 Å². The summed E-state index contributed by atoms with van der Waals surface area (Å²) in [5.41, 5.74) is 2.20. The van der Waals surface area contributed by atoms with Gasteiger partial charge in [0.2, 0.25) is 0 Å². The number of hydrogen-bond acceptors (Lipinski definition) is 5. The summed E-state index contributed by atoms with van der Waals surface area (Å²) in [6.07, 6.45) is 0. The summed E-state index contributed by atoms with van der Waals surface area (Å²) in [7, 11) is 0. The van der Waals surface area contributed by atoms with Crippen molar-refractivity contribution < 1.29 is 18.7 Å². The number of amides is 2. The van der Waals surface area contributed by atoms with Gasteiger partial charge in [0, 0.05) is 11.8 Å². The summed E-state index contributed by atoms with van der Waals surface area (Å²) in [5, 5.41) is 5.88. The van der Waals surface area contributed by atoms with E-state index in [0.717, 1.165) is 11.6 Å². The highest BCUT2D eigenvalue weighted by Gasteiger charge is 2.22. The van der Waals surface area contributed by atoms with Gasteiger partial charge >= 0.3 is 0 Å². The van der Waals surface area contributed by atoms with Crippen molar-refractivity contribution in [2.75, 3.05) is 10.6 Å². The predicted octanol–water partition coefficient (Wildman–Crippen LogP) is 4.71. The molecule has 4 aromatic rings. The van der Waals surface area contributed by atoms with Gasteiger partial charge in [0.1, 0.15) is 11.3 Å². The summed E-state index contributed by atoms with van der Waals surface area (Å²) in [4.78, 5) is 37.6. The topological polar surface area (TPSA) is 97.6 Å². The summed E-state index contributed by atoms with van der Waals surface area (Å²) < 4.78 is 11.4. The Balaban J connectivity index is 1.45. The van der Waals surface area contributed by atoms with E-state index in [4.69, 9.17) is 9.15 Å². The molecule has 0 saturated carbocycles. The summed E-state index contributed by atoms with van der Waals surface area (Å²) in [6.45, 7) is 1.92. The lowest BCUT2D eigenvalue weighted by molar-refractivity contribution is 0.0993. The van der Waals surface area contributed by atoms with E-state index in [1.807, 2.05) is 19.1 Å². The Morgan fingerprint density at radius 1 is 0.935 bits per heavy atom. The molecule has 31 heavy (non-hydrogen) atoms. The molecule has 2 amide bonds. The number of ether oxygens (including phenoxy) is 1. The highest BCUT2D eigenvalue weighted by Crippen LogP contribution is 2.37. The van der Waals surface area contributed by atoms with Gasteiger partial charge in [-0.1, -0.05) is 18.2 Å². The number of fused-ring (bicyclic) bond motifs is 3. The number of hydrogen-bond donors (Lipinski definition) is 2. The standard InChI is InChI=1S/C24H16N2O5/c1-13-6-8-21-17(10-13)26-23(28)16-11-14(7-9-20(16)30-21)25-24(29)22-12-18(27)15-4-2-3-5-19(15)31-22/h2-12H,1H3,(H,25,29)(H,26,28).